The Kier molecular flexibility index (Phi) is 8.11. The number of amides is 2. The molecule has 12 heteroatoms. The normalized spacial score (nSPS) is 31.4. The fraction of sp³-hybridized carbons (Fsp3) is 0.594. The molecule has 3 heterocycles. The number of halogens is 1. The number of carbonyl (C=O) groups excluding carboxylic acids is 3. The second kappa shape index (κ2) is 11.7. The molecule has 236 valence electrons. The van der Waals surface area contributed by atoms with E-state index in [4.69, 9.17) is 25.8 Å². The maximum absolute atomic E-state index is 14.1. The lowest BCUT2D eigenvalue weighted by Gasteiger charge is -2.35. The summed E-state index contributed by atoms with van der Waals surface area (Å²) in [6.45, 7) is 5.79. The molecule has 44 heavy (non-hydrogen) atoms. The number of methoxy groups -OCH3 is 1. The lowest BCUT2D eigenvalue weighted by molar-refractivity contribution is -0.152. The highest BCUT2D eigenvalue weighted by molar-refractivity contribution is 6.31. The van der Waals surface area contributed by atoms with Crippen molar-refractivity contribution in [3.63, 3.8) is 0 Å². The molecule has 2 saturated carbocycles. The summed E-state index contributed by atoms with van der Waals surface area (Å²) in [5.74, 6) is 0.288. The average molecular weight is 627 g/mol. The van der Waals surface area contributed by atoms with Crippen molar-refractivity contribution in [1.82, 2.24) is 19.8 Å². The van der Waals surface area contributed by atoms with Crippen molar-refractivity contribution in [2.45, 2.75) is 83.7 Å². The van der Waals surface area contributed by atoms with Gasteiger partial charge in [0.25, 0.3) is 11.6 Å². The molecule has 1 N–H and O–H groups in total. The van der Waals surface area contributed by atoms with Crippen LogP contribution < -0.4 is 15.6 Å². The Labute approximate surface area is 260 Å². The van der Waals surface area contributed by atoms with Crippen LogP contribution in [0, 0.1) is 23.2 Å². The van der Waals surface area contributed by atoms with Gasteiger partial charge in [0.15, 0.2) is 0 Å². The molecule has 1 saturated heterocycles. The molecule has 0 spiro atoms. The third-order valence-corrected chi connectivity index (χ3v) is 9.70. The number of esters is 1. The average Bonchev–Trinajstić information content (AvgIpc) is 3.46. The highest BCUT2D eigenvalue weighted by atomic mass is 35.5. The standard InChI is InChI=1S/C32H39ClN4O7/c1-32(2,3)26-28(39)37-16-19(15-24(37)29(40)42-4)43-30-34-23-14-18(33)9-10-21(23)27(38)36(30)11-7-5-6-8-20-22-12-17(22)13-25(20)44-31(41)35-26/h5,7,9-10,14,17,19-20,22,24-26H,6,8,11-13,15-16H2,1-4H3,(H,35,41)/b7-5+/t17?,19-,20-,22+,24+,25-,26-/m1/s1. The van der Waals surface area contributed by atoms with E-state index in [1.807, 2.05) is 32.9 Å². The number of rotatable bonds is 1. The number of aromatic nitrogens is 2. The Bertz CT molecular complexity index is 1570. The minimum atomic E-state index is -0.976. The van der Waals surface area contributed by atoms with Crippen LogP contribution in [-0.2, 0) is 25.6 Å². The van der Waals surface area contributed by atoms with Crippen molar-refractivity contribution in [3.05, 3.63) is 45.7 Å². The van der Waals surface area contributed by atoms with Crippen molar-refractivity contribution in [2.24, 2.45) is 23.2 Å². The molecule has 0 radical (unpaired) electrons. The molecule has 2 bridgehead atoms. The molecule has 11 nitrogen and oxygen atoms in total. The van der Waals surface area contributed by atoms with Gasteiger partial charge in [-0.3, -0.25) is 14.2 Å². The molecule has 2 amide bonds. The molecular weight excluding hydrogens is 588 g/mol. The third kappa shape index (κ3) is 5.90. The minimum Gasteiger partial charge on any atom is -0.467 e. The van der Waals surface area contributed by atoms with Crippen LogP contribution in [0.1, 0.15) is 52.9 Å². The van der Waals surface area contributed by atoms with Gasteiger partial charge < -0.3 is 24.4 Å². The van der Waals surface area contributed by atoms with E-state index in [1.165, 1.54) is 16.6 Å². The van der Waals surface area contributed by atoms with Crippen LogP contribution >= 0.6 is 11.6 Å². The maximum atomic E-state index is 14.1. The molecule has 4 aliphatic rings. The van der Waals surface area contributed by atoms with Crippen LogP contribution in [0.25, 0.3) is 10.9 Å². The molecule has 3 fully saturated rings. The monoisotopic (exact) mass is 626 g/mol. The van der Waals surface area contributed by atoms with Crippen LogP contribution in [0.5, 0.6) is 6.01 Å². The number of hydrogen-bond acceptors (Lipinski definition) is 8. The van der Waals surface area contributed by atoms with E-state index in [9.17, 15) is 19.2 Å². The topological polar surface area (TPSA) is 129 Å². The summed E-state index contributed by atoms with van der Waals surface area (Å²) in [5.41, 5.74) is -0.591. The molecule has 2 aromatic rings. The summed E-state index contributed by atoms with van der Waals surface area (Å²) < 4.78 is 18.8. The van der Waals surface area contributed by atoms with E-state index in [1.54, 1.807) is 18.2 Å². The van der Waals surface area contributed by atoms with Crippen LogP contribution in [0.3, 0.4) is 0 Å². The number of allylic oxidation sites excluding steroid dienone is 2. The van der Waals surface area contributed by atoms with Gasteiger partial charge in [-0.05, 0) is 67.1 Å². The van der Waals surface area contributed by atoms with E-state index < -0.39 is 41.6 Å². The number of fused-ring (bicyclic) bond motifs is 7. The van der Waals surface area contributed by atoms with Gasteiger partial charge in [-0.25, -0.2) is 9.59 Å². The first-order chi connectivity index (χ1) is 20.9. The van der Waals surface area contributed by atoms with Crippen LogP contribution in [0.2, 0.25) is 5.02 Å². The molecule has 2 aliphatic carbocycles. The summed E-state index contributed by atoms with van der Waals surface area (Å²) in [4.78, 5) is 60.0. The predicted molar refractivity (Wildman–Crippen MR) is 162 cm³/mol. The Morgan fingerprint density at radius 2 is 1.89 bits per heavy atom. The predicted octanol–water partition coefficient (Wildman–Crippen LogP) is 4.09. The third-order valence-electron chi connectivity index (χ3n) is 9.47. The molecule has 7 atom stereocenters. The molecule has 1 unspecified atom stereocenters. The Balaban J connectivity index is 1.39. The Morgan fingerprint density at radius 1 is 1.09 bits per heavy atom. The van der Waals surface area contributed by atoms with Crippen molar-refractivity contribution < 1.29 is 28.6 Å². The SMILES string of the molecule is COC(=O)[C@@H]1C[C@@H]2CN1C(=O)[C@H](C(C)(C)C)NC(=O)O[C@@H]1CC3C[C@@H]3[C@H]1CC/C=C/Cn1c(nc3cc(Cl)ccc3c1=O)O2. The largest absolute Gasteiger partial charge is 0.467 e. The number of carbonyl (C=O) groups is 3. The fourth-order valence-electron chi connectivity index (χ4n) is 7.10. The van der Waals surface area contributed by atoms with E-state index >= 15 is 0 Å². The molecule has 2 aliphatic heterocycles. The van der Waals surface area contributed by atoms with Crippen molar-refractivity contribution in [2.75, 3.05) is 13.7 Å². The molecule has 1 aromatic heterocycles. The first-order valence-corrected chi connectivity index (χ1v) is 15.7. The number of hydrogen-bond donors (Lipinski definition) is 1. The van der Waals surface area contributed by atoms with Gasteiger partial charge in [-0.1, -0.05) is 44.5 Å². The zero-order chi connectivity index (χ0) is 31.3. The zero-order valence-electron chi connectivity index (χ0n) is 25.5. The van der Waals surface area contributed by atoms with Gasteiger partial charge in [-0.15, -0.1) is 0 Å². The first kappa shape index (κ1) is 30.4. The summed E-state index contributed by atoms with van der Waals surface area (Å²) in [6.07, 6.45) is 6.12. The van der Waals surface area contributed by atoms with Gasteiger partial charge in [0.1, 0.15) is 24.3 Å². The van der Waals surface area contributed by atoms with Gasteiger partial charge in [0.05, 0.1) is 24.6 Å². The lowest BCUT2D eigenvalue weighted by atomic mass is 9.85. The summed E-state index contributed by atoms with van der Waals surface area (Å²) in [7, 11) is 1.26. The van der Waals surface area contributed by atoms with Crippen LogP contribution in [0.4, 0.5) is 4.79 Å². The van der Waals surface area contributed by atoms with E-state index in [0.717, 1.165) is 25.7 Å². The number of alkyl carbamates (subject to hydrolysis) is 1. The minimum absolute atomic E-state index is 0.0231. The number of nitrogens with zero attached hydrogens (tertiary/aromatic N) is 3. The Morgan fingerprint density at radius 3 is 2.64 bits per heavy atom. The number of ether oxygens (including phenoxy) is 3. The quantitative estimate of drug-likeness (QED) is 0.370. The van der Waals surface area contributed by atoms with Gasteiger partial charge in [0, 0.05) is 18.0 Å². The lowest BCUT2D eigenvalue weighted by Crippen LogP contribution is -2.57. The van der Waals surface area contributed by atoms with Crippen molar-refractivity contribution in [1.29, 1.82) is 0 Å². The molecule has 1 aromatic carbocycles. The highest BCUT2D eigenvalue weighted by Gasteiger charge is 2.54. The highest BCUT2D eigenvalue weighted by Crippen LogP contribution is 2.57. The summed E-state index contributed by atoms with van der Waals surface area (Å²) >= 11 is 6.21. The van der Waals surface area contributed by atoms with Gasteiger partial charge in [-0.2, -0.15) is 4.98 Å². The fourth-order valence-corrected chi connectivity index (χ4v) is 7.27. The maximum Gasteiger partial charge on any atom is 0.408 e. The van der Waals surface area contributed by atoms with Crippen LogP contribution in [0.15, 0.2) is 35.1 Å². The number of nitrogens with one attached hydrogen (secondary N) is 1. The smallest absolute Gasteiger partial charge is 0.408 e. The van der Waals surface area contributed by atoms with Gasteiger partial charge >= 0.3 is 12.1 Å². The van der Waals surface area contributed by atoms with Crippen LogP contribution in [-0.4, -0.2) is 70.4 Å². The van der Waals surface area contributed by atoms with E-state index in [0.29, 0.717) is 27.8 Å². The van der Waals surface area contributed by atoms with Crippen molar-refractivity contribution >= 4 is 40.5 Å². The first-order valence-electron chi connectivity index (χ1n) is 15.3. The second-order valence-corrected chi connectivity index (χ2v) is 13.9. The van der Waals surface area contributed by atoms with E-state index in [2.05, 4.69) is 10.3 Å². The zero-order valence-corrected chi connectivity index (χ0v) is 26.2. The molecular formula is C32H39ClN4O7. The Hall–Kier alpha value is -3.60. The second-order valence-electron chi connectivity index (χ2n) is 13.5. The van der Waals surface area contributed by atoms with E-state index in [-0.39, 0.29) is 43.1 Å². The summed E-state index contributed by atoms with van der Waals surface area (Å²) in [6, 6.07) is 3.04. The molecule has 6 rings (SSSR count). The van der Waals surface area contributed by atoms with Gasteiger partial charge in [0.2, 0.25) is 5.91 Å². The van der Waals surface area contributed by atoms with Crippen molar-refractivity contribution in [3.8, 4) is 6.01 Å². The summed E-state index contributed by atoms with van der Waals surface area (Å²) in [5, 5.41) is 3.67. The number of benzene rings is 1.